The summed E-state index contributed by atoms with van der Waals surface area (Å²) in [6.07, 6.45) is -0.0977. The molecule has 2 heterocycles. The van der Waals surface area contributed by atoms with Crippen LogP contribution in [0.15, 0.2) is 24.3 Å². The lowest BCUT2D eigenvalue weighted by atomic mass is 10.1. The molecule has 0 aliphatic carbocycles. The Labute approximate surface area is 118 Å². The van der Waals surface area contributed by atoms with E-state index in [1.807, 2.05) is 17.8 Å². The maximum absolute atomic E-state index is 13.7. The van der Waals surface area contributed by atoms with Gasteiger partial charge in [-0.05, 0) is 42.0 Å². The van der Waals surface area contributed by atoms with Gasteiger partial charge in [0.15, 0.2) is 0 Å². The Morgan fingerprint density at radius 3 is 2.84 bits per heavy atom. The second kappa shape index (κ2) is 5.23. The van der Waals surface area contributed by atoms with E-state index in [4.69, 9.17) is 0 Å². The first kappa shape index (κ1) is 13.1. The van der Waals surface area contributed by atoms with Crippen LogP contribution in [0, 0.1) is 11.6 Å². The summed E-state index contributed by atoms with van der Waals surface area (Å²) in [6, 6.07) is 5.09. The predicted octanol–water partition coefficient (Wildman–Crippen LogP) is 3.90. The molecule has 1 aromatic heterocycles. The number of halogens is 2. The summed E-state index contributed by atoms with van der Waals surface area (Å²) in [7, 11) is 0. The average molecular weight is 298 g/mol. The van der Waals surface area contributed by atoms with Crippen LogP contribution in [0.1, 0.15) is 27.0 Å². The van der Waals surface area contributed by atoms with Gasteiger partial charge in [-0.2, -0.15) is 11.8 Å². The van der Waals surface area contributed by atoms with Gasteiger partial charge in [0.2, 0.25) is 0 Å². The number of thioether (sulfide) groups is 1. The zero-order chi connectivity index (χ0) is 13.4. The minimum absolute atomic E-state index is 0.00579. The van der Waals surface area contributed by atoms with Gasteiger partial charge in [0.1, 0.15) is 17.7 Å². The molecule has 19 heavy (non-hydrogen) atoms. The first-order valence-corrected chi connectivity index (χ1v) is 7.94. The van der Waals surface area contributed by atoms with Crippen LogP contribution >= 0.6 is 23.1 Å². The van der Waals surface area contributed by atoms with Crippen LogP contribution in [0.2, 0.25) is 0 Å². The van der Waals surface area contributed by atoms with Gasteiger partial charge in [0.05, 0.1) is 0 Å². The number of fused-ring (bicyclic) bond motifs is 1. The van der Waals surface area contributed by atoms with Gasteiger partial charge in [-0.15, -0.1) is 11.3 Å². The van der Waals surface area contributed by atoms with E-state index in [1.165, 1.54) is 21.8 Å². The number of aliphatic hydroxyl groups excluding tert-OH is 1. The molecular weight excluding hydrogens is 286 g/mol. The van der Waals surface area contributed by atoms with Crippen molar-refractivity contribution in [1.82, 2.24) is 0 Å². The van der Waals surface area contributed by atoms with Crippen molar-refractivity contribution < 1.29 is 13.9 Å². The van der Waals surface area contributed by atoms with Crippen molar-refractivity contribution in [2.45, 2.75) is 18.3 Å². The van der Waals surface area contributed by atoms with E-state index in [-0.39, 0.29) is 5.56 Å². The average Bonchev–Trinajstić information content (AvgIpc) is 2.84. The van der Waals surface area contributed by atoms with Gasteiger partial charge in [-0.3, -0.25) is 0 Å². The maximum Gasteiger partial charge on any atom is 0.129 e. The van der Waals surface area contributed by atoms with Crippen molar-refractivity contribution in [3.8, 4) is 0 Å². The van der Waals surface area contributed by atoms with Crippen molar-refractivity contribution >= 4 is 23.1 Å². The number of hydrogen-bond donors (Lipinski definition) is 1. The number of hydrogen-bond acceptors (Lipinski definition) is 3. The number of aliphatic hydroxyl groups is 1. The first-order valence-electron chi connectivity index (χ1n) is 5.97. The van der Waals surface area contributed by atoms with Crippen LogP contribution < -0.4 is 0 Å². The van der Waals surface area contributed by atoms with Crippen LogP contribution in [0.4, 0.5) is 8.78 Å². The Bertz CT molecular complexity index is 586. The molecule has 3 rings (SSSR count). The summed E-state index contributed by atoms with van der Waals surface area (Å²) >= 11 is 3.36. The highest BCUT2D eigenvalue weighted by molar-refractivity contribution is 7.98. The van der Waals surface area contributed by atoms with E-state index in [2.05, 4.69) is 0 Å². The molecule has 1 aromatic carbocycles. The molecule has 0 saturated carbocycles. The lowest BCUT2D eigenvalue weighted by molar-refractivity contribution is 0.218. The lowest BCUT2D eigenvalue weighted by Gasteiger charge is -2.10. The molecule has 1 nitrogen and oxygen atoms in total. The highest BCUT2D eigenvalue weighted by atomic mass is 32.2. The van der Waals surface area contributed by atoms with E-state index >= 15 is 0 Å². The van der Waals surface area contributed by atoms with E-state index in [9.17, 15) is 13.9 Å². The van der Waals surface area contributed by atoms with E-state index in [0.717, 1.165) is 36.1 Å². The maximum atomic E-state index is 13.7. The SMILES string of the molecule is OC(c1cc2c(s1)CCSC2)c1cc(F)ccc1F. The summed E-state index contributed by atoms with van der Waals surface area (Å²) in [6.45, 7) is 0. The molecule has 100 valence electrons. The molecule has 0 radical (unpaired) electrons. The van der Waals surface area contributed by atoms with Gasteiger partial charge >= 0.3 is 0 Å². The predicted molar refractivity (Wildman–Crippen MR) is 74.6 cm³/mol. The van der Waals surface area contributed by atoms with Gasteiger partial charge in [-0.25, -0.2) is 8.78 Å². The second-order valence-electron chi connectivity index (χ2n) is 4.47. The zero-order valence-electron chi connectivity index (χ0n) is 10.0. The van der Waals surface area contributed by atoms with Crippen molar-refractivity contribution in [3.05, 3.63) is 56.8 Å². The van der Waals surface area contributed by atoms with E-state index in [0.29, 0.717) is 4.88 Å². The molecule has 1 aliphatic rings. The fourth-order valence-electron chi connectivity index (χ4n) is 2.18. The van der Waals surface area contributed by atoms with Crippen molar-refractivity contribution in [2.75, 3.05) is 5.75 Å². The summed E-state index contributed by atoms with van der Waals surface area (Å²) in [4.78, 5) is 1.95. The van der Waals surface area contributed by atoms with E-state index in [1.54, 1.807) is 0 Å². The molecule has 1 unspecified atom stereocenters. The highest BCUT2D eigenvalue weighted by Gasteiger charge is 2.21. The Hall–Kier alpha value is -0.910. The number of benzene rings is 1. The number of thiophene rings is 1. The minimum atomic E-state index is -1.09. The van der Waals surface area contributed by atoms with Crippen molar-refractivity contribution in [1.29, 1.82) is 0 Å². The Morgan fingerprint density at radius 1 is 1.21 bits per heavy atom. The molecule has 0 amide bonds. The normalized spacial score (nSPS) is 16.2. The summed E-state index contributed by atoms with van der Waals surface area (Å²) in [5.74, 6) is 0.906. The standard InChI is InChI=1S/C14H12F2OS2/c15-9-1-2-11(16)10(6-9)14(17)13-5-8-7-18-4-3-12(8)19-13/h1-2,5-6,14,17H,3-4,7H2. The van der Waals surface area contributed by atoms with Crippen LogP contribution in [-0.4, -0.2) is 10.9 Å². The Balaban J connectivity index is 1.97. The third-order valence-electron chi connectivity index (χ3n) is 3.17. The minimum Gasteiger partial charge on any atom is -0.383 e. The first-order chi connectivity index (χ1) is 9.15. The quantitative estimate of drug-likeness (QED) is 0.907. The van der Waals surface area contributed by atoms with Crippen LogP contribution in [-0.2, 0) is 12.2 Å². The smallest absolute Gasteiger partial charge is 0.129 e. The van der Waals surface area contributed by atoms with Crippen LogP contribution in [0.25, 0.3) is 0 Å². The largest absolute Gasteiger partial charge is 0.383 e. The van der Waals surface area contributed by atoms with Crippen molar-refractivity contribution in [2.24, 2.45) is 0 Å². The third-order valence-corrected chi connectivity index (χ3v) is 5.47. The van der Waals surface area contributed by atoms with Crippen LogP contribution in [0.5, 0.6) is 0 Å². The molecule has 0 bridgehead atoms. The van der Waals surface area contributed by atoms with E-state index < -0.39 is 17.7 Å². The van der Waals surface area contributed by atoms with Gasteiger partial charge in [-0.1, -0.05) is 0 Å². The number of rotatable bonds is 2. The molecule has 1 N–H and O–H groups in total. The van der Waals surface area contributed by atoms with Crippen LogP contribution in [0.3, 0.4) is 0 Å². The van der Waals surface area contributed by atoms with Crippen molar-refractivity contribution in [3.63, 3.8) is 0 Å². The summed E-state index contributed by atoms with van der Waals surface area (Å²) in [5, 5.41) is 10.2. The second-order valence-corrected chi connectivity index (χ2v) is 6.74. The third kappa shape index (κ3) is 2.55. The highest BCUT2D eigenvalue weighted by Crippen LogP contribution is 2.37. The molecule has 2 aromatic rings. The fraction of sp³-hybridized carbons (Fsp3) is 0.286. The lowest BCUT2D eigenvalue weighted by Crippen LogP contribution is -2.01. The Kier molecular flexibility index (Phi) is 3.60. The van der Waals surface area contributed by atoms with Gasteiger partial charge < -0.3 is 5.11 Å². The summed E-state index contributed by atoms with van der Waals surface area (Å²) in [5.41, 5.74) is 1.22. The molecule has 1 aliphatic heterocycles. The molecular formula is C14H12F2OS2. The molecule has 0 spiro atoms. The Morgan fingerprint density at radius 2 is 2.05 bits per heavy atom. The molecule has 1 atom stereocenters. The zero-order valence-corrected chi connectivity index (χ0v) is 11.7. The topological polar surface area (TPSA) is 20.2 Å². The molecule has 5 heteroatoms. The fourth-order valence-corrected chi connectivity index (χ4v) is 4.56. The number of aryl methyl sites for hydroxylation is 1. The van der Waals surface area contributed by atoms with Gasteiger partial charge in [0.25, 0.3) is 0 Å². The van der Waals surface area contributed by atoms with Gasteiger partial charge in [0, 0.05) is 21.1 Å². The monoisotopic (exact) mass is 298 g/mol. The molecule has 0 fully saturated rings. The molecule has 0 saturated heterocycles. The summed E-state index contributed by atoms with van der Waals surface area (Å²) < 4.78 is 26.8.